The molecule has 2 N–H and O–H groups in total. The molecule has 2 rings (SSSR count). The van der Waals surface area contributed by atoms with E-state index in [-0.39, 0.29) is 12.5 Å². The van der Waals surface area contributed by atoms with Gasteiger partial charge in [-0.05, 0) is 24.6 Å². The number of amides is 1. The van der Waals surface area contributed by atoms with Crippen LogP contribution in [-0.2, 0) is 7.05 Å². The first kappa shape index (κ1) is 15.1. The van der Waals surface area contributed by atoms with Crippen molar-refractivity contribution >= 4 is 5.91 Å². The van der Waals surface area contributed by atoms with E-state index < -0.39 is 6.10 Å². The Morgan fingerprint density at radius 3 is 2.62 bits per heavy atom. The first-order valence-corrected chi connectivity index (χ1v) is 6.61. The number of aliphatic hydroxyl groups is 1. The van der Waals surface area contributed by atoms with Crippen LogP contribution < -0.4 is 10.1 Å². The Hall–Kier alpha value is -2.34. The summed E-state index contributed by atoms with van der Waals surface area (Å²) >= 11 is 0. The number of carbonyl (C=O) groups excluding carboxylic acids is 1. The molecule has 0 aliphatic heterocycles. The van der Waals surface area contributed by atoms with Gasteiger partial charge in [0.25, 0.3) is 5.91 Å². The Morgan fingerprint density at radius 1 is 1.43 bits per heavy atom. The van der Waals surface area contributed by atoms with Crippen LogP contribution in [0.2, 0.25) is 0 Å². The van der Waals surface area contributed by atoms with E-state index in [1.165, 1.54) is 0 Å². The maximum Gasteiger partial charge on any atom is 0.254 e. The minimum Gasteiger partial charge on any atom is -0.497 e. The van der Waals surface area contributed by atoms with Gasteiger partial charge in [-0.2, -0.15) is 5.10 Å². The Morgan fingerprint density at radius 2 is 2.10 bits per heavy atom. The third-order valence-electron chi connectivity index (χ3n) is 3.21. The standard InChI is InChI=1S/C15H19N3O3/c1-10-13(9-18(2)17-10)15(20)16-8-14(19)11-4-6-12(21-3)7-5-11/h4-7,9,14,19H,8H2,1-3H3,(H,16,20). The number of methoxy groups -OCH3 is 1. The number of ether oxygens (including phenoxy) is 1. The largest absolute Gasteiger partial charge is 0.497 e. The predicted octanol–water partition coefficient (Wildman–Crippen LogP) is 1.20. The fourth-order valence-electron chi connectivity index (χ4n) is 2.05. The van der Waals surface area contributed by atoms with E-state index in [1.807, 2.05) is 0 Å². The SMILES string of the molecule is COc1ccc(C(O)CNC(=O)c2cn(C)nc2C)cc1. The minimum absolute atomic E-state index is 0.138. The summed E-state index contributed by atoms with van der Waals surface area (Å²) in [6.07, 6.45) is 0.890. The summed E-state index contributed by atoms with van der Waals surface area (Å²) in [4.78, 5) is 12.0. The molecule has 0 bridgehead atoms. The molecule has 0 saturated heterocycles. The number of hydrogen-bond donors (Lipinski definition) is 2. The van der Waals surface area contributed by atoms with Gasteiger partial charge in [-0.25, -0.2) is 0 Å². The lowest BCUT2D eigenvalue weighted by atomic mass is 10.1. The number of nitrogens with one attached hydrogen (secondary N) is 1. The molecular weight excluding hydrogens is 270 g/mol. The molecule has 1 heterocycles. The minimum atomic E-state index is -0.767. The number of aromatic nitrogens is 2. The third-order valence-corrected chi connectivity index (χ3v) is 3.21. The Bertz CT molecular complexity index is 620. The highest BCUT2D eigenvalue weighted by atomic mass is 16.5. The van der Waals surface area contributed by atoms with Crippen molar-refractivity contribution in [2.45, 2.75) is 13.0 Å². The second-order valence-electron chi connectivity index (χ2n) is 4.80. The number of benzene rings is 1. The molecule has 2 aromatic rings. The van der Waals surface area contributed by atoms with Crippen LogP contribution in [0.1, 0.15) is 27.7 Å². The molecule has 1 aromatic heterocycles. The Kier molecular flexibility index (Phi) is 4.59. The van der Waals surface area contributed by atoms with Gasteiger partial charge in [0.05, 0.1) is 24.5 Å². The molecule has 0 spiro atoms. The molecule has 112 valence electrons. The predicted molar refractivity (Wildman–Crippen MR) is 78.2 cm³/mol. The number of hydrogen-bond acceptors (Lipinski definition) is 4. The van der Waals surface area contributed by atoms with Crippen LogP contribution in [0.5, 0.6) is 5.75 Å². The van der Waals surface area contributed by atoms with Gasteiger partial charge < -0.3 is 15.2 Å². The van der Waals surface area contributed by atoms with Crippen molar-refractivity contribution < 1.29 is 14.6 Å². The molecule has 6 nitrogen and oxygen atoms in total. The maximum atomic E-state index is 12.0. The fraction of sp³-hybridized carbons (Fsp3) is 0.333. The van der Waals surface area contributed by atoms with E-state index in [0.29, 0.717) is 11.3 Å². The summed E-state index contributed by atoms with van der Waals surface area (Å²) in [7, 11) is 3.35. The lowest BCUT2D eigenvalue weighted by Gasteiger charge is -2.12. The van der Waals surface area contributed by atoms with Crippen LogP contribution in [0.25, 0.3) is 0 Å². The van der Waals surface area contributed by atoms with Gasteiger partial charge in [0.1, 0.15) is 5.75 Å². The van der Waals surface area contributed by atoms with Crippen LogP contribution in [-0.4, -0.2) is 34.4 Å². The van der Waals surface area contributed by atoms with Gasteiger partial charge in [0.15, 0.2) is 0 Å². The molecular formula is C15H19N3O3. The fourth-order valence-corrected chi connectivity index (χ4v) is 2.05. The van der Waals surface area contributed by atoms with Crippen LogP contribution in [0.15, 0.2) is 30.5 Å². The van der Waals surface area contributed by atoms with Gasteiger partial charge >= 0.3 is 0 Å². The van der Waals surface area contributed by atoms with Crippen molar-refractivity contribution in [3.8, 4) is 5.75 Å². The normalized spacial score (nSPS) is 12.0. The quantitative estimate of drug-likeness (QED) is 0.867. The van der Waals surface area contributed by atoms with Crippen molar-refractivity contribution in [2.24, 2.45) is 7.05 Å². The first-order chi connectivity index (χ1) is 10.0. The summed E-state index contributed by atoms with van der Waals surface area (Å²) in [5.74, 6) is 0.481. The monoisotopic (exact) mass is 289 g/mol. The zero-order valence-electron chi connectivity index (χ0n) is 12.3. The molecule has 1 aromatic carbocycles. The molecule has 0 aliphatic rings. The Balaban J connectivity index is 1.95. The molecule has 1 amide bonds. The third kappa shape index (κ3) is 3.61. The molecule has 0 saturated carbocycles. The number of aryl methyl sites for hydroxylation is 2. The smallest absolute Gasteiger partial charge is 0.254 e. The van der Waals surface area contributed by atoms with Crippen LogP contribution in [0.4, 0.5) is 0 Å². The lowest BCUT2D eigenvalue weighted by Crippen LogP contribution is -2.28. The van der Waals surface area contributed by atoms with Gasteiger partial charge in [-0.15, -0.1) is 0 Å². The summed E-state index contributed by atoms with van der Waals surface area (Å²) in [6.45, 7) is 1.91. The number of carbonyl (C=O) groups is 1. The van der Waals surface area contributed by atoms with E-state index in [9.17, 15) is 9.90 Å². The van der Waals surface area contributed by atoms with E-state index in [1.54, 1.807) is 56.2 Å². The second kappa shape index (κ2) is 6.41. The van der Waals surface area contributed by atoms with E-state index in [0.717, 1.165) is 11.3 Å². The Labute approximate surface area is 123 Å². The van der Waals surface area contributed by atoms with Crippen LogP contribution in [0, 0.1) is 6.92 Å². The second-order valence-corrected chi connectivity index (χ2v) is 4.80. The van der Waals surface area contributed by atoms with Gasteiger partial charge in [-0.3, -0.25) is 9.48 Å². The molecule has 0 aliphatic carbocycles. The van der Waals surface area contributed by atoms with Crippen molar-refractivity contribution in [3.63, 3.8) is 0 Å². The van der Waals surface area contributed by atoms with E-state index in [4.69, 9.17) is 4.74 Å². The molecule has 0 fully saturated rings. The van der Waals surface area contributed by atoms with Crippen molar-refractivity contribution in [1.82, 2.24) is 15.1 Å². The highest BCUT2D eigenvalue weighted by molar-refractivity contribution is 5.95. The molecule has 1 atom stereocenters. The van der Waals surface area contributed by atoms with E-state index >= 15 is 0 Å². The zero-order valence-corrected chi connectivity index (χ0v) is 12.3. The highest BCUT2D eigenvalue weighted by Crippen LogP contribution is 2.17. The number of aliphatic hydroxyl groups excluding tert-OH is 1. The van der Waals surface area contributed by atoms with Crippen molar-refractivity contribution in [1.29, 1.82) is 0 Å². The van der Waals surface area contributed by atoms with E-state index in [2.05, 4.69) is 10.4 Å². The average molecular weight is 289 g/mol. The van der Waals surface area contributed by atoms with Crippen LogP contribution in [0.3, 0.4) is 0 Å². The molecule has 0 radical (unpaired) electrons. The molecule has 21 heavy (non-hydrogen) atoms. The van der Waals surface area contributed by atoms with Crippen molar-refractivity contribution in [3.05, 3.63) is 47.3 Å². The topological polar surface area (TPSA) is 76.4 Å². The summed E-state index contributed by atoms with van der Waals surface area (Å²) in [5.41, 5.74) is 1.90. The first-order valence-electron chi connectivity index (χ1n) is 6.61. The number of rotatable bonds is 5. The van der Waals surface area contributed by atoms with Gasteiger partial charge in [-0.1, -0.05) is 12.1 Å². The van der Waals surface area contributed by atoms with Crippen molar-refractivity contribution in [2.75, 3.05) is 13.7 Å². The zero-order chi connectivity index (χ0) is 15.4. The lowest BCUT2D eigenvalue weighted by molar-refractivity contribution is 0.0915. The summed E-state index contributed by atoms with van der Waals surface area (Å²) in [6, 6.07) is 7.08. The van der Waals surface area contributed by atoms with Crippen LogP contribution >= 0.6 is 0 Å². The van der Waals surface area contributed by atoms with Gasteiger partial charge in [0.2, 0.25) is 0 Å². The maximum absolute atomic E-state index is 12.0. The highest BCUT2D eigenvalue weighted by Gasteiger charge is 2.14. The molecule has 1 unspecified atom stereocenters. The summed E-state index contributed by atoms with van der Waals surface area (Å²) < 4.78 is 6.65. The molecule has 6 heteroatoms. The van der Waals surface area contributed by atoms with Gasteiger partial charge in [0, 0.05) is 19.8 Å². The average Bonchev–Trinajstić information content (AvgIpc) is 2.83. The number of nitrogens with zero attached hydrogens (tertiary/aromatic N) is 2. The summed E-state index contributed by atoms with van der Waals surface area (Å²) in [5, 5.41) is 16.9.